The van der Waals surface area contributed by atoms with Crippen molar-refractivity contribution in [2.75, 3.05) is 13.7 Å². The molecule has 0 saturated heterocycles. The molecule has 90 valence electrons. The molecule has 0 aromatic heterocycles. The molecule has 0 aliphatic heterocycles. The second kappa shape index (κ2) is 6.54. The fourth-order valence-electron chi connectivity index (χ4n) is 1.42. The van der Waals surface area contributed by atoms with Crippen LogP contribution in [-0.4, -0.2) is 13.7 Å². The van der Waals surface area contributed by atoms with Crippen LogP contribution >= 0.6 is 0 Å². The summed E-state index contributed by atoms with van der Waals surface area (Å²) < 4.78 is 5.12. The van der Waals surface area contributed by atoms with E-state index in [1.807, 2.05) is 12.1 Å². The quantitative estimate of drug-likeness (QED) is 0.797. The van der Waals surface area contributed by atoms with Gasteiger partial charge in [-0.15, -0.1) is 0 Å². The van der Waals surface area contributed by atoms with Crippen molar-refractivity contribution in [1.29, 1.82) is 0 Å². The Kier molecular flexibility index (Phi) is 5.33. The zero-order valence-corrected chi connectivity index (χ0v) is 10.8. The molecule has 0 spiro atoms. The molecule has 0 saturated carbocycles. The highest BCUT2D eigenvalue weighted by Crippen LogP contribution is 2.12. The van der Waals surface area contributed by atoms with Crippen LogP contribution in [0.15, 0.2) is 24.3 Å². The van der Waals surface area contributed by atoms with Crippen molar-refractivity contribution in [2.24, 2.45) is 11.8 Å². The van der Waals surface area contributed by atoms with E-state index in [1.165, 1.54) is 5.56 Å². The van der Waals surface area contributed by atoms with Gasteiger partial charge in [-0.2, -0.15) is 0 Å². The Morgan fingerprint density at radius 3 is 2.25 bits per heavy atom. The highest BCUT2D eigenvalue weighted by molar-refractivity contribution is 5.26. The van der Waals surface area contributed by atoms with Gasteiger partial charge in [-0.1, -0.05) is 32.9 Å². The van der Waals surface area contributed by atoms with Crippen LogP contribution in [0.1, 0.15) is 26.3 Å². The van der Waals surface area contributed by atoms with Gasteiger partial charge in [0, 0.05) is 6.54 Å². The van der Waals surface area contributed by atoms with Gasteiger partial charge >= 0.3 is 0 Å². The highest BCUT2D eigenvalue weighted by Gasteiger charge is 2.05. The fraction of sp³-hybridized carbons (Fsp3) is 0.571. The van der Waals surface area contributed by atoms with Gasteiger partial charge in [-0.05, 0) is 36.1 Å². The fourth-order valence-corrected chi connectivity index (χ4v) is 1.42. The van der Waals surface area contributed by atoms with E-state index >= 15 is 0 Å². The molecular weight excluding hydrogens is 198 g/mol. The van der Waals surface area contributed by atoms with Gasteiger partial charge in [-0.3, -0.25) is 0 Å². The predicted molar refractivity (Wildman–Crippen MR) is 68.7 cm³/mol. The van der Waals surface area contributed by atoms with Crippen molar-refractivity contribution in [3.8, 4) is 5.75 Å². The largest absolute Gasteiger partial charge is 0.497 e. The standard InChI is InChI=1S/C14H23NO/c1-11(2)12(3)9-15-10-13-5-7-14(16-4)8-6-13/h5-8,11-12,15H,9-10H2,1-4H3/t12-/m1/s1. The Hall–Kier alpha value is -1.02. The minimum absolute atomic E-state index is 0.721. The van der Waals surface area contributed by atoms with Crippen LogP contribution in [0, 0.1) is 11.8 Å². The molecule has 2 heteroatoms. The van der Waals surface area contributed by atoms with E-state index in [2.05, 4.69) is 38.2 Å². The molecule has 0 heterocycles. The maximum Gasteiger partial charge on any atom is 0.118 e. The third-order valence-corrected chi connectivity index (χ3v) is 3.09. The first-order valence-corrected chi connectivity index (χ1v) is 5.97. The molecule has 0 aliphatic rings. The normalized spacial score (nSPS) is 12.8. The molecule has 1 aromatic carbocycles. The summed E-state index contributed by atoms with van der Waals surface area (Å²) >= 11 is 0. The molecule has 0 aliphatic carbocycles. The first-order chi connectivity index (χ1) is 7.63. The highest BCUT2D eigenvalue weighted by atomic mass is 16.5. The number of hydrogen-bond acceptors (Lipinski definition) is 2. The van der Waals surface area contributed by atoms with Crippen LogP contribution in [0.2, 0.25) is 0 Å². The molecule has 0 radical (unpaired) electrons. The molecule has 0 amide bonds. The Bertz CT molecular complexity index is 292. The van der Waals surface area contributed by atoms with Crippen molar-refractivity contribution in [3.05, 3.63) is 29.8 Å². The van der Waals surface area contributed by atoms with Crippen molar-refractivity contribution in [3.63, 3.8) is 0 Å². The number of hydrogen-bond donors (Lipinski definition) is 1. The van der Waals surface area contributed by atoms with Crippen LogP contribution in [0.5, 0.6) is 5.75 Å². The molecule has 2 nitrogen and oxygen atoms in total. The first kappa shape index (κ1) is 13.0. The Balaban J connectivity index is 2.31. The van der Waals surface area contributed by atoms with Crippen LogP contribution in [0.4, 0.5) is 0 Å². The molecule has 16 heavy (non-hydrogen) atoms. The molecule has 0 fully saturated rings. The summed E-state index contributed by atoms with van der Waals surface area (Å²) in [5, 5.41) is 3.48. The zero-order valence-electron chi connectivity index (χ0n) is 10.8. The van der Waals surface area contributed by atoms with Gasteiger partial charge in [0.2, 0.25) is 0 Å². The van der Waals surface area contributed by atoms with Crippen LogP contribution in [0.25, 0.3) is 0 Å². The van der Waals surface area contributed by atoms with Crippen LogP contribution in [0.3, 0.4) is 0 Å². The summed E-state index contributed by atoms with van der Waals surface area (Å²) in [6, 6.07) is 8.21. The number of methoxy groups -OCH3 is 1. The number of rotatable bonds is 6. The van der Waals surface area contributed by atoms with E-state index in [0.717, 1.165) is 30.7 Å². The average Bonchev–Trinajstić information content (AvgIpc) is 2.29. The van der Waals surface area contributed by atoms with Crippen molar-refractivity contribution in [1.82, 2.24) is 5.32 Å². The number of nitrogens with one attached hydrogen (secondary N) is 1. The lowest BCUT2D eigenvalue weighted by Gasteiger charge is -2.16. The summed E-state index contributed by atoms with van der Waals surface area (Å²) in [7, 11) is 1.69. The van der Waals surface area contributed by atoms with E-state index in [9.17, 15) is 0 Å². The summed E-state index contributed by atoms with van der Waals surface area (Å²) in [6.07, 6.45) is 0. The molecule has 1 atom stereocenters. The van der Waals surface area contributed by atoms with Crippen LogP contribution < -0.4 is 10.1 Å². The maximum absolute atomic E-state index is 5.12. The molecule has 0 bridgehead atoms. The number of ether oxygens (including phenoxy) is 1. The summed E-state index contributed by atoms with van der Waals surface area (Å²) in [5.41, 5.74) is 1.30. The van der Waals surface area contributed by atoms with Crippen molar-refractivity contribution < 1.29 is 4.74 Å². The van der Waals surface area contributed by atoms with Gasteiger partial charge in [0.1, 0.15) is 5.75 Å². The SMILES string of the molecule is COc1ccc(CNC[C@@H](C)C(C)C)cc1. The van der Waals surface area contributed by atoms with E-state index in [4.69, 9.17) is 4.74 Å². The average molecular weight is 221 g/mol. The molecule has 1 rings (SSSR count). The Morgan fingerprint density at radius 1 is 1.12 bits per heavy atom. The van der Waals surface area contributed by atoms with E-state index in [0.29, 0.717) is 0 Å². The second-order valence-corrected chi connectivity index (χ2v) is 4.70. The maximum atomic E-state index is 5.12. The van der Waals surface area contributed by atoms with Crippen molar-refractivity contribution in [2.45, 2.75) is 27.3 Å². The molecular formula is C14H23NO. The monoisotopic (exact) mass is 221 g/mol. The Morgan fingerprint density at radius 2 is 1.75 bits per heavy atom. The van der Waals surface area contributed by atoms with E-state index < -0.39 is 0 Å². The van der Waals surface area contributed by atoms with Crippen molar-refractivity contribution >= 4 is 0 Å². The molecule has 1 N–H and O–H groups in total. The summed E-state index contributed by atoms with van der Waals surface area (Å²) in [4.78, 5) is 0. The first-order valence-electron chi connectivity index (χ1n) is 5.97. The topological polar surface area (TPSA) is 21.3 Å². The minimum atomic E-state index is 0.721. The number of benzene rings is 1. The van der Waals surface area contributed by atoms with Gasteiger partial charge in [-0.25, -0.2) is 0 Å². The minimum Gasteiger partial charge on any atom is -0.497 e. The van der Waals surface area contributed by atoms with Gasteiger partial charge in [0.15, 0.2) is 0 Å². The summed E-state index contributed by atoms with van der Waals surface area (Å²) in [6.45, 7) is 8.82. The summed E-state index contributed by atoms with van der Waals surface area (Å²) in [5.74, 6) is 2.38. The lowest BCUT2D eigenvalue weighted by Crippen LogP contribution is -2.23. The van der Waals surface area contributed by atoms with Gasteiger partial charge < -0.3 is 10.1 Å². The zero-order chi connectivity index (χ0) is 12.0. The molecule has 1 aromatic rings. The van der Waals surface area contributed by atoms with E-state index in [1.54, 1.807) is 7.11 Å². The van der Waals surface area contributed by atoms with Crippen LogP contribution in [-0.2, 0) is 6.54 Å². The smallest absolute Gasteiger partial charge is 0.118 e. The van der Waals surface area contributed by atoms with Gasteiger partial charge in [0.25, 0.3) is 0 Å². The lowest BCUT2D eigenvalue weighted by molar-refractivity contribution is 0.392. The Labute approximate surface area is 99.0 Å². The lowest BCUT2D eigenvalue weighted by atomic mass is 9.98. The second-order valence-electron chi connectivity index (χ2n) is 4.70. The molecule has 0 unspecified atom stereocenters. The predicted octanol–water partition coefficient (Wildman–Crippen LogP) is 3.08. The van der Waals surface area contributed by atoms with E-state index in [-0.39, 0.29) is 0 Å². The third kappa shape index (κ3) is 4.23. The third-order valence-electron chi connectivity index (χ3n) is 3.09. The van der Waals surface area contributed by atoms with Gasteiger partial charge in [0.05, 0.1) is 7.11 Å².